The molecule has 1 aromatic carbocycles. The standard InChI is InChI=1S/C15H16Cl2N2O2S/c16-10-3-4-14(21-9-11-2-1-5-20-11)13(6-10)18-7-12-8-19-15(17)22-12/h3-4,6,8,11,18H,1-2,5,7,9H2. The Kier molecular flexibility index (Phi) is 5.41. The van der Waals surface area contributed by atoms with E-state index in [9.17, 15) is 0 Å². The van der Waals surface area contributed by atoms with Gasteiger partial charge in [0.15, 0.2) is 4.47 Å². The van der Waals surface area contributed by atoms with E-state index in [1.807, 2.05) is 18.2 Å². The Morgan fingerprint density at radius 3 is 3.05 bits per heavy atom. The summed E-state index contributed by atoms with van der Waals surface area (Å²) in [7, 11) is 0. The van der Waals surface area contributed by atoms with Gasteiger partial charge in [-0.25, -0.2) is 4.98 Å². The molecule has 0 aliphatic carbocycles. The first-order chi connectivity index (χ1) is 10.7. The molecular weight excluding hydrogens is 343 g/mol. The largest absolute Gasteiger partial charge is 0.489 e. The maximum absolute atomic E-state index is 6.08. The first-order valence-corrected chi connectivity index (χ1v) is 8.66. The van der Waals surface area contributed by atoms with Crippen LogP contribution in [-0.2, 0) is 11.3 Å². The quantitative estimate of drug-likeness (QED) is 0.817. The average Bonchev–Trinajstić information content (AvgIpc) is 3.15. The lowest BCUT2D eigenvalue weighted by molar-refractivity contribution is 0.0682. The van der Waals surface area contributed by atoms with Crippen molar-refractivity contribution in [1.82, 2.24) is 4.98 Å². The summed E-state index contributed by atoms with van der Waals surface area (Å²) in [5, 5.41) is 3.98. The number of hydrogen-bond acceptors (Lipinski definition) is 5. The Bertz CT molecular complexity index is 630. The maximum Gasteiger partial charge on any atom is 0.183 e. The van der Waals surface area contributed by atoms with Gasteiger partial charge in [0.25, 0.3) is 0 Å². The molecule has 118 valence electrons. The van der Waals surface area contributed by atoms with Gasteiger partial charge in [-0.15, -0.1) is 11.3 Å². The van der Waals surface area contributed by atoms with E-state index in [1.54, 1.807) is 6.20 Å². The molecule has 1 unspecified atom stereocenters. The fourth-order valence-corrected chi connectivity index (χ4v) is 3.36. The monoisotopic (exact) mass is 358 g/mol. The smallest absolute Gasteiger partial charge is 0.183 e. The molecule has 1 aliphatic heterocycles. The van der Waals surface area contributed by atoms with E-state index in [2.05, 4.69) is 10.3 Å². The molecule has 1 aromatic heterocycles. The van der Waals surface area contributed by atoms with Crippen molar-refractivity contribution in [2.24, 2.45) is 0 Å². The summed E-state index contributed by atoms with van der Waals surface area (Å²) in [4.78, 5) is 5.08. The van der Waals surface area contributed by atoms with Gasteiger partial charge in [0.05, 0.1) is 18.3 Å². The van der Waals surface area contributed by atoms with Gasteiger partial charge in [-0.2, -0.15) is 0 Å². The summed E-state index contributed by atoms with van der Waals surface area (Å²) in [6, 6.07) is 5.55. The Morgan fingerprint density at radius 1 is 1.41 bits per heavy atom. The van der Waals surface area contributed by atoms with E-state index < -0.39 is 0 Å². The van der Waals surface area contributed by atoms with Crippen molar-refractivity contribution in [3.63, 3.8) is 0 Å². The van der Waals surface area contributed by atoms with Gasteiger partial charge in [0.1, 0.15) is 12.4 Å². The maximum atomic E-state index is 6.08. The van der Waals surface area contributed by atoms with Gasteiger partial charge >= 0.3 is 0 Å². The summed E-state index contributed by atoms with van der Waals surface area (Å²) in [6.07, 6.45) is 4.10. The fraction of sp³-hybridized carbons (Fsp3) is 0.400. The van der Waals surface area contributed by atoms with Gasteiger partial charge < -0.3 is 14.8 Å². The number of ether oxygens (including phenoxy) is 2. The van der Waals surface area contributed by atoms with Crippen LogP contribution in [0.3, 0.4) is 0 Å². The topological polar surface area (TPSA) is 43.4 Å². The van der Waals surface area contributed by atoms with Crippen LogP contribution in [0, 0.1) is 0 Å². The molecule has 2 aromatic rings. The Balaban J connectivity index is 1.64. The second-order valence-electron chi connectivity index (χ2n) is 5.02. The minimum atomic E-state index is 0.184. The van der Waals surface area contributed by atoms with Crippen molar-refractivity contribution >= 4 is 40.2 Å². The highest BCUT2D eigenvalue weighted by molar-refractivity contribution is 7.15. The third-order valence-electron chi connectivity index (χ3n) is 3.37. The lowest BCUT2D eigenvalue weighted by atomic mass is 10.2. The predicted octanol–water partition coefficient (Wildman–Crippen LogP) is 4.62. The van der Waals surface area contributed by atoms with Crippen LogP contribution >= 0.6 is 34.5 Å². The number of halogens is 2. The minimum Gasteiger partial charge on any atom is -0.489 e. The summed E-state index contributed by atoms with van der Waals surface area (Å²) >= 11 is 13.4. The number of rotatable bonds is 6. The fourth-order valence-electron chi connectivity index (χ4n) is 2.27. The minimum absolute atomic E-state index is 0.184. The molecule has 3 rings (SSSR count). The predicted molar refractivity (Wildman–Crippen MR) is 90.4 cm³/mol. The highest BCUT2D eigenvalue weighted by atomic mass is 35.5. The number of hydrogen-bond donors (Lipinski definition) is 1. The zero-order valence-corrected chi connectivity index (χ0v) is 14.2. The third-order valence-corrected chi connectivity index (χ3v) is 4.72. The van der Waals surface area contributed by atoms with Crippen molar-refractivity contribution in [3.05, 3.63) is 38.8 Å². The second kappa shape index (κ2) is 7.51. The highest BCUT2D eigenvalue weighted by Crippen LogP contribution is 2.30. The number of nitrogens with zero attached hydrogens (tertiary/aromatic N) is 1. The Hall–Kier alpha value is -1.01. The molecule has 1 N–H and O–H groups in total. The molecular formula is C15H16Cl2N2O2S. The normalized spacial score (nSPS) is 17.6. The lowest BCUT2D eigenvalue weighted by Gasteiger charge is -2.15. The average molecular weight is 359 g/mol. The zero-order chi connectivity index (χ0) is 15.4. The molecule has 4 nitrogen and oxygen atoms in total. The van der Waals surface area contributed by atoms with E-state index >= 15 is 0 Å². The summed E-state index contributed by atoms with van der Waals surface area (Å²) < 4.78 is 12.0. The van der Waals surface area contributed by atoms with Crippen LogP contribution in [0.4, 0.5) is 5.69 Å². The molecule has 0 bridgehead atoms. The van der Waals surface area contributed by atoms with Crippen molar-refractivity contribution in [2.45, 2.75) is 25.5 Å². The molecule has 0 saturated carbocycles. The Labute approximate surface area is 143 Å². The molecule has 1 saturated heterocycles. The zero-order valence-electron chi connectivity index (χ0n) is 11.9. The van der Waals surface area contributed by atoms with Gasteiger partial charge in [-0.3, -0.25) is 0 Å². The number of benzene rings is 1. The molecule has 0 spiro atoms. The van der Waals surface area contributed by atoms with E-state index in [0.717, 1.165) is 35.8 Å². The van der Waals surface area contributed by atoms with Crippen LogP contribution in [0.2, 0.25) is 9.49 Å². The van der Waals surface area contributed by atoms with Gasteiger partial charge in [-0.05, 0) is 31.0 Å². The molecule has 0 amide bonds. The molecule has 7 heteroatoms. The van der Waals surface area contributed by atoms with Crippen molar-refractivity contribution in [2.75, 3.05) is 18.5 Å². The van der Waals surface area contributed by atoms with Crippen LogP contribution in [-0.4, -0.2) is 24.3 Å². The van der Waals surface area contributed by atoms with Crippen molar-refractivity contribution in [1.29, 1.82) is 0 Å². The van der Waals surface area contributed by atoms with E-state index in [1.165, 1.54) is 11.3 Å². The number of thiazole rings is 1. The van der Waals surface area contributed by atoms with Crippen LogP contribution in [0.15, 0.2) is 24.4 Å². The van der Waals surface area contributed by atoms with E-state index in [-0.39, 0.29) is 6.10 Å². The van der Waals surface area contributed by atoms with Crippen molar-refractivity contribution < 1.29 is 9.47 Å². The van der Waals surface area contributed by atoms with E-state index in [0.29, 0.717) is 22.6 Å². The highest BCUT2D eigenvalue weighted by Gasteiger charge is 2.17. The number of nitrogens with one attached hydrogen (secondary N) is 1. The van der Waals surface area contributed by atoms with Gasteiger partial charge in [0.2, 0.25) is 0 Å². The first-order valence-electron chi connectivity index (χ1n) is 7.09. The molecule has 2 heterocycles. The number of anilines is 1. The van der Waals surface area contributed by atoms with Crippen LogP contribution < -0.4 is 10.1 Å². The number of aromatic nitrogens is 1. The first kappa shape index (κ1) is 15.9. The molecule has 1 atom stereocenters. The molecule has 1 fully saturated rings. The van der Waals surface area contributed by atoms with Crippen molar-refractivity contribution in [3.8, 4) is 5.75 Å². The van der Waals surface area contributed by atoms with Crippen LogP contribution in [0.25, 0.3) is 0 Å². The van der Waals surface area contributed by atoms with E-state index in [4.69, 9.17) is 32.7 Å². The molecule has 1 aliphatic rings. The molecule has 22 heavy (non-hydrogen) atoms. The second-order valence-corrected chi connectivity index (χ2v) is 7.15. The third kappa shape index (κ3) is 4.26. The van der Waals surface area contributed by atoms with Gasteiger partial charge in [-0.1, -0.05) is 23.2 Å². The van der Waals surface area contributed by atoms with Crippen LogP contribution in [0.1, 0.15) is 17.7 Å². The summed E-state index contributed by atoms with van der Waals surface area (Å²) in [5.74, 6) is 0.774. The summed E-state index contributed by atoms with van der Waals surface area (Å²) in [6.45, 7) is 2.01. The lowest BCUT2D eigenvalue weighted by Crippen LogP contribution is -2.16. The summed E-state index contributed by atoms with van der Waals surface area (Å²) in [5.41, 5.74) is 0.856. The van der Waals surface area contributed by atoms with Crippen LogP contribution in [0.5, 0.6) is 5.75 Å². The Morgan fingerprint density at radius 2 is 2.32 bits per heavy atom. The molecule has 0 radical (unpaired) electrons. The SMILES string of the molecule is Clc1ccc(OCC2CCCO2)c(NCc2cnc(Cl)s2)c1. The van der Waals surface area contributed by atoms with Gasteiger partial charge in [0, 0.05) is 22.7 Å².